The van der Waals surface area contributed by atoms with E-state index in [2.05, 4.69) is 6.58 Å². The molecule has 2 aromatic carbocycles. The van der Waals surface area contributed by atoms with Crippen LogP contribution in [0, 0.1) is 0 Å². The molecule has 7 nitrogen and oxygen atoms in total. The quantitative estimate of drug-likeness (QED) is 0.352. The summed E-state index contributed by atoms with van der Waals surface area (Å²) in [5, 5.41) is -0.759. The maximum atomic E-state index is 14.3. The van der Waals surface area contributed by atoms with Gasteiger partial charge in [0, 0.05) is 26.8 Å². The molecule has 0 radical (unpaired) electrons. The first-order valence-electron chi connectivity index (χ1n) is 11.9. The van der Waals surface area contributed by atoms with Crippen molar-refractivity contribution in [3.63, 3.8) is 0 Å². The molecule has 192 valence electrons. The molecule has 1 saturated heterocycles. The summed E-state index contributed by atoms with van der Waals surface area (Å²) in [5.74, 6) is 1.44. The molecule has 1 heterocycles. The molecule has 1 aliphatic heterocycles. The van der Waals surface area contributed by atoms with Gasteiger partial charge in [0.05, 0.1) is 26.4 Å². The van der Waals surface area contributed by atoms with Crippen molar-refractivity contribution in [1.29, 1.82) is 0 Å². The minimum Gasteiger partial charge on any atom is -0.497 e. The van der Waals surface area contributed by atoms with Gasteiger partial charge in [-0.3, -0.25) is 0 Å². The van der Waals surface area contributed by atoms with E-state index in [0.717, 1.165) is 35.5 Å². The summed E-state index contributed by atoms with van der Waals surface area (Å²) in [5.41, 5.74) is 1.74. The van der Waals surface area contributed by atoms with E-state index in [0.29, 0.717) is 19.4 Å². The third-order valence-electron chi connectivity index (χ3n) is 6.41. The molecule has 0 aromatic heterocycles. The molecule has 8 heteroatoms. The van der Waals surface area contributed by atoms with E-state index >= 15 is 0 Å². The van der Waals surface area contributed by atoms with E-state index < -0.39 is 21.4 Å². The van der Waals surface area contributed by atoms with Gasteiger partial charge in [0.2, 0.25) is 10.0 Å². The standard InChI is InChI=1S/C27H37NO6S/c1-5-7-26(33-4)27(18-25-8-6-17-34-25)35(29,30)28(19-21-9-13-23(31-2)14-10-21)20-22-11-15-24(32-3)16-12-22/h5,9-16,25-27H,1,6-8,17-20H2,2-4H3/t25?,26-,27+/m1/s1. The number of ether oxygens (including phenoxy) is 4. The Morgan fingerprint density at radius 2 is 1.54 bits per heavy atom. The van der Waals surface area contributed by atoms with E-state index in [4.69, 9.17) is 18.9 Å². The van der Waals surface area contributed by atoms with Crippen LogP contribution in [-0.4, -0.2) is 58.1 Å². The highest BCUT2D eigenvalue weighted by atomic mass is 32.2. The Labute approximate surface area is 209 Å². The van der Waals surface area contributed by atoms with Crippen molar-refractivity contribution < 1.29 is 27.4 Å². The molecule has 0 bridgehead atoms. The van der Waals surface area contributed by atoms with Gasteiger partial charge < -0.3 is 18.9 Å². The van der Waals surface area contributed by atoms with E-state index in [9.17, 15) is 8.42 Å². The summed E-state index contributed by atoms with van der Waals surface area (Å²) < 4.78 is 52.1. The number of nitrogens with zero attached hydrogens (tertiary/aromatic N) is 1. The molecule has 0 aliphatic carbocycles. The Bertz CT molecular complexity index is 967. The SMILES string of the molecule is C=CC[C@@H](OC)[C@H](CC1CCCO1)S(=O)(=O)N(Cc1ccc(OC)cc1)Cc1ccc(OC)cc1. The third-order valence-corrected chi connectivity index (χ3v) is 8.65. The fourth-order valence-corrected chi connectivity index (χ4v) is 6.52. The summed E-state index contributed by atoms with van der Waals surface area (Å²) in [6.07, 6.45) is 3.72. The van der Waals surface area contributed by atoms with E-state index in [1.807, 2.05) is 48.5 Å². The fraction of sp³-hybridized carbons (Fsp3) is 0.481. The van der Waals surface area contributed by atoms with Gasteiger partial charge in [-0.15, -0.1) is 6.58 Å². The minimum atomic E-state index is -3.79. The van der Waals surface area contributed by atoms with Gasteiger partial charge >= 0.3 is 0 Å². The lowest BCUT2D eigenvalue weighted by molar-refractivity contribution is 0.0617. The molecule has 0 amide bonds. The van der Waals surface area contributed by atoms with Crippen molar-refractivity contribution in [2.75, 3.05) is 27.9 Å². The van der Waals surface area contributed by atoms with Crippen LogP contribution in [0.1, 0.15) is 36.8 Å². The molecule has 0 N–H and O–H groups in total. The normalized spacial score (nSPS) is 17.8. The second kappa shape index (κ2) is 13.1. The fourth-order valence-electron chi connectivity index (χ4n) is 4.42. The molecule has 0 saturated carbocycles. The molecule has 3 rings (SSSR count). The molecule has 1 aliphatic rings. The number of hydrogen-bond acceptors (Lipinski definition) is 6. The summed E-state index contributed by atoms with van der Waals surface area (Å²) in [4.78, 5) is 0. The molecule has 1 unspecified atom stereocenters. The Kier molecular flexibility index (Phi) is 10.2. The molecule has 2 aromatic rings. The second-order valence-corrected chi connectivity index (χ2v) is 10.9. The van der Waals surface area contributed by atoms with Crippen molar-refractivity contribution in [2.24, 2.45) is 0 Å². The maximum absolute atomic E-state index is 14.3. The predicted octanol–water partition coefficient (Wildman–Crippen LogP) is 4.56. The van der Waals surface area contributed by atoms with Crippen molar-refractivity contribution in [3.05, 3.63) is 72.3 Å². The highest BCUT2D eigenvalue weighted by Crippen LogP contribution is 2.29. The van der Waals surface area contributed by atoms with Gasteiger partial charge in [0.25, 0.3) is 0 Å². The summed E-state index contributed by atoms with van der Waals surface area (Å²) in [7, 11) is 0.979. The van der Waals surface area contributed by atoms with Gasteiger partial charge in [0.15, 0.2) is 0 Å². The van der Waals surface area contributed by atoms with Gasteiger partial charge in [-0.05, 0) is 61.1 Å². The number of methoxy groups -OCH3 is 3. The van der Waals surface area contributed by atoms with Crippen LogP contribution in [0.15, 0.2) is 61.2 Å². The summed E-state index contributed by atoms with van der Waals surface area (Å²) in [6, 6.07) is 14.9. The van der Waals surface area contributed by atoms with E-state index in [1.54, 1.807) is 31.7 Å². The van der Waals surface area contributed by atoms with Crippen LogP contribution in [-0.2, 0) is 32.6 Å². The van der Waals surface area contributed by atoms with Crippen LogP contribution in [0.3, 0.4) is 0 Å². The van der Waals surface area contributed by atoms with Crippen LogP contribution in [0.4, 0.5) is 0 Å². The predicted molar refractivity (Wildman–Crippen MR) is 137 cm³/mol. The average molecular weight is 504 g/mol. The molecule has 35 heavy (non-hydrogen) atoms. The third kappa shape index (κ3) is 7.30. The van der Waals surface area contributed by atoms with E-state index in [-0.39, 0.29) is 19.2 Å². The van der Waals surface area contributed by atoms with E-state index in [1.165, 1.54) is 0 Å². The zero-order valence-electron chi connectivity index (χ0n) is 20.9. The van der Waals surface area contributed by atoms with Gasteiger partial charge in [-0.25, -0.2) is 8.42 Å². The zero-order valence-corrected chi connectivity index (χ0v) is 21.7. The van der Waals surface area contributed by atoms with Crippen LogP contribution in [0.25, 0.3) is 0 Å². The first-order valence-corrected chi connectivity index (χ1v) is 13.4. The molecular weight excluding hydrogens is 466 g/mol. The summed E-state index contributed by atoms with van der Waals surface area (Å²) in [6.45, 7) is 4.93. The number of benzene rings is 2. The summed E-state index contributed by atoms with van der Waals surface area (Å²) >= 11 is 0. The zero-order chi connectivity index (χ0) is 25.3. The highest BCUT2D eigenvalue weighted by molar-refractivity contribution is 7.89. The molecular formula is C27H37NO6S. The Hall–Kier alpha value is -2.39. The van der Waals surface area contributed by atoms with Crippen LogP contribution >= 0.6 is 0 Å². The monoisotopic (exact) mass is 503 g/mol. The Balaban J connectivity index is 1.96. The Morgan fingerprint density at radius 1 is 1.00 bits per heavy atom. The number of sulfonamides is 1. The lowest BCUT2D eigenvalue weighted by Crippen LogP contribution is -2.46. The van der Waals surface area contributed by atoms with Gasteiger partial charge in [0.1, 0.15) is 16.7 Å². The molecule has 3 atom stereocenters. The average Bonchev–Trinajstić information content (AvgIpc) is 3.40. The van der Waals surface area contributed by atoms with Crippen LogP contribution in [0.2, 0.25) is 0 Å². The van der Waals surface area contributed by atoms with Crippen LogP contribution in [0.5, 0.6) is 11.5 Å². The van der Waals surface area contributed by atoms with Crippen LogP contribution < -0.4 is 9.47 Å². The first-order chi connectivity index (χ1) is 16.9. The smallest absolute Gasteiger partial charge is 0.220 e. The molecule has 0 spiro atoms. The molecule has 1 fully saturated rings. The largest absolute Gasteiger partial charge is 0.497 e. The Morgan fingerprint density at radius 3 is 1.94 bits per heavy atom. The van der Waals surface area contributed by atoms with Crippen molar-refractivity contribution in [2.45, 2.75) is 56.2 Å². The maximum Gasteiger partial charge on any atom is 0.220 e. The van der Waals surface area contributed by atoms with Crippen molar-refractivity contribution in [1.82, 2.24) is 4.31 Å². The first kappa shape index (κ1) is 27.2. The van der Waals surface area contributed by atoms with Crippen molar-refractivity contribution in [3.8, 4) is 11.5 Å². The second-order valence-electron chi connectivity index (χ2n) is 8.72. The minimum absolute atomic E-state index is 0.0962. The lowest BCUT2D eigenvalue weighted by atomic mass is 10.0. The van der Waals surface area contributed by atoms with Crippen molar-refractivity contribution >= 4 is 10.0 Å². The number of hydrogen-bond donors (Lipinski definition) is 0. The highest BCUT2D eigenvalue weighted by Gasteiger charge is 2.40. The van der Waals surface area contributed by atoms with Gasteiger partial charge in [-0.1, -0.05) is 30.3 Å². The lowest BCUT2D eigenvalue weighted by Gasteiger charge is -2.33. The topological polar surface area (TPSA) is 74.3 Å². The number of rotatable bonds is 14. The van der Waals surface area contributed by atoms with Gasteiger partial charge in [-0.2, -0.15) is 4.31 Å².